The number of likely N-dealkylation sites (N-methyl/N-ethyl adjacent to an activating group) is 1. The van der Waals surface area contributed by atoms with Crippen LogP contribution in [0.1, 0.15) is 96.8 Å². The highest BCUT2D eigenvalue weighted by molar-refractivity contribution is 5.69. The maximum absolute atomic E-state index is 11.7. The summed E-state index contributed by atoms with van der Waals surface area (Å²) < 4.78 is 5.98. The number of quaternary nitrogens is 1. The Morgan fingerprint density at radius 3 is 1.90 bits per heavy atom. The summed E-state index contributed by atoms with van der Waals surface area (Å²) in [4.78, 5) is 11.7. The van der Waals surface area contributed by atoms with Gasteiger partial charge in [0.2, 0.25) is 0 Å². The monoisotopic (exact) mass is 433 g/mol. The molecule has 0 saturated heterocycles. The van der Waals surface area contributed by atoms with Gasteiger partial charge in [-0.15, -0.1) is 0 Å². The average Bonchev–Trinajstić information content (AvgIpc) is 2.64. The molecule has 1 N–H and O–H groups in total. The summed E-state index contributed by atoms with van der Waals surface area (Å²) in [6.07, 6.45) is 21.7. The second kappa shape index (κ2) is 22.1. The predicted molar refractivity (Wildman–Crippen MR) is 119 cm³/mol. The van der Waals surface area contributed by atoms with Gasteiger partial charge < -0.3 is 26.7 Å². The Bertz CT molecular complexity index is 386. The fourth-order valence-corrected chi connectivity index (χ4v) is 3.20. The van der Waals surface area contributed by atoms with Crippen molar-refractivity contribution in [3.63, 3.8) is 0 Å². The number of esters is 1. The Morgan fingerprint density at radius 1 is 0.828 bits per heavy atom. The molecule has 0 radical (unpaired) electrons. The highest BCUT2D eigenvalue weighted by Gasteiger charge is 2.14. The van der Waals surface area contributed by atoms with E-state index in [0.29, 0.717) is 24.1 Å². The number of carbonyl (C=O) groups is 1. The lowest BCUT2D eigenvalue weighted by Gasteiger charge is -2.28. The first-order valence-corrected chi connectivity index (χ1v) is 11.8. The van der Waals surface area contributed by atoms with Crippen molar-refractivity contribution in [3.8, 4) is 0 Å². The molecule has 0 aliphatic carbocycles. The molecule has 0 aromatic rings. The van der Waals surface area contributed by atoms with Gasteiger partial charge in [0.1, 0.15) is 19.7 Å². The van der Waals surface area contributed by atoms with Gasteiger partial charge in [0.15, 0.2) is 0 Å². The summed E-state index contributed by atoms with van der Waals surface area (Å²) in [7, 11) is 4.07. The van der Waals surface area contributed by atoms with Crippen LogP contribution in [0.4, 0.5) is 0 Å². The van der Waals surface area contributed by atoms with Gasteiger partial charge in [0, 0.05) is 6.42 Å². The SMILES string of the molecule is CCCCCCCCC=CCCCCCCCC(=O)OCC[N+](C)(C)CCO.[Cl-]. The van der Waals surface area contributed by atoms with Crippen molar-refractivity contribution in [1.29, 1.82) is 0 Å². The first-order chi connectivity index (χ1) is 13.5. The quantitative estimate of drug-likeness (QED) is 0.139. The van der Waals surface area contributed by atoms with E-state index >= 15 is 0 Å². The third-order valence-corrected chi connectivity index (χ3v) is 5.31. The molecule has 29 heavy (non-hydrogen) atoms. The Labute approximate surface area is 187 Å². The number of aliphatic hydroxyl groups is 1. The molecule has 0 rings (SSSR count). The number of ether oxygens (including phenoxy) is 1. The summed E-state index contributed by atoms with van der Waals surface area (Å²) in [6.45, 7) is 4.30. The van der Waals surface area contributed by atoms with Crippen molar-refractivity contribution in [2.75, 3.05) is 40.4 Å². The number of rotatable bonds is 20. The largest absolute Gasteiger partial charge is 1.00 e. The molecule has 0 aromatic heterocycles. The molecule has 0 atom stereocenters. The van der Waals surface area contributed by atoms with Gasteiger partial charge in [-0.2, -0.15) is 0 Å². The molecular weight excluding hydrogens is 386 g/mol. The summed E-state index contributed by atoms with van der Waals surface area (Å²) in [6, 6.07) is 0. The van der Waals surface area contributed by atoms with Crippen molar-refractivity contribution in [3.05, 3.63) is 12.2 Å². The minimum atomic E-state index is -0.0818. The van der Waals surface area contributed by atoms with Gasteiger partial charge in [-0.1, -0.05) is 70.4 Å². The fraction of sp³-hybridized carbons (Fsp3) is 0.875. The zero-order chi connectivity index (χ0) is 20.9. The molecule has 0 aromatic carbocycles. The Balaban J connectivity index is 0. The second-order valence-corrected chi connectivity index (χ2v) is 8.66. The maximum Gasteiger partial charge on any atom is 0.305 e. The topological polar surface area (TPSA) is 46.5 Å². The van der Waals surface area contributed by atoms with Crippen LogP contribution in [0.2, 0.25) is 0 Å². The molecule has 174 valence electrons. The molecule has 0 heterocycles. The summed E-state index contributed by atoms with van der Waals surface area (Å²) in [5, 5.41) is 8.99. The first kappa shape index (κ1) is 30.6. The van der Waals surface area contributed by atoms with Crippen molar-refractivity contribution >= 4 is 5.97 Å². The highest BCUT2D eigenvalue weighted by Crippen LogP contribution is 2.10. The molecule has 0 aliphatic rings. The van der Waals surface area contributed by atoms with Gasteiger partial charge in [-0.05, 0) is 32.1 Å². The van der Waals surface area contributed by atoms with E-state index in [1.54, 1.807) is 0 Å². The molecule has 0 spiro atoms. The van der Waals surface area contributed by atoms with Crippen LogP contribution in [0.5, 0.6) is 0 Å². The van der Waals surface area contributed by atoms with Crippen LogP contribution in [-0.2, 0) is 9.53 Å². The third kappa shape index (κ3) is 23.6. The summed E-state index contributed by atoms with van der Waals surface area (Å²) >= 11 is 0. The Hall–Kier alpha value is -0.580. The van der Waals surface area contributed by atoms with Crippen LogP contribution < -0.4 is 12.4 Å². The van der Waals surface area contributed by atoms with Gasteiger partial charge >= 0.3 is 5.97 Å². The van der Waals surface area contributed by atoms with E-state index in [2.05, 4.69) is 19.1 Å². The van der Waals surface area contributed by atoms with Crippen molar-refractivity contribution in [2.24, 2.45) is 0 Å². The van der Waals surface area contributed by atoms with Crippen molar-refractivity contribution in [2.45, 2.75) is 96.8 Å². The predicted octanol–water partition coefficient (Wildman–Crippen LogP) is 2.64. The van der Waals surface area contributed by atoms with Crippen molar-refractivity contribution < 1.29 is 31.5 Å². The van der Waals surface area contributed by atoms with Gasteiger partial charge in [-0.3, -0.25) is 4.79 Å². The molecule has 5 heteroatoms. The molecule has 0 bridgehead atoms. The lowest BCUT2D eigenvalue weighted by Crippen LogP contribution is -3.00. The van der Waals surface area contributed by atoms with E-state index in [4.69, 9.17) is 9.84 Å². The van der Waals surface area contributed by atoms with E-state index in [1.165, 1.54) is 70.6 Å². The average molecular weight is 434 g/mol. The lowest BCUT2D eigenvalue weighted by molar-refractivity contribution is -0.890. The summed E-state index contributed by atoms with van der Waals surface area (Å²) in [5.41, 5.74) is 0. The third-order valence-electron chi connectivity index (χ3n) is 5.31. The maximum atomic E-state index is 11.7. The van der Waals surface area contributed by atoms with Gasteiger partial charge in [0.25, 0.3) is 0 Å². The minimum absolute atomic E-state index is 0. The molecule has 0 amide bonds. The number of hydrogen-bond acceptors (Lipinski definition) is 3. The zero-order valence-corrected chi connectivity index (χ0v) is 20.2. The highest BCUT2D eigenvalue weighted by atomic mass is 35.5. The van der Waals surface area contributed by atoms with Crippen LogP contribution in [0, 0.1) is 0 Å². The van der Waals surface area contributed by atoms with E-state index in [0.717, 1.165) is 19.4 Å². The number of halogens is 1. The van der Waals surface area contributed by atoms with E-state index in [9.17, 15) is 4.79 Å². The molecule has 4 nitrogen and oxygen atoms in total. The van der Waals surface area contributed by atoms with Crippen molar-refractivity contribution in [1.82, 2.24) is 0 Å². The molecular formula is C24H48ClNO3. The standard InChI is InChI=1S/C24H48NO3.ClH/c1-4-5-6-7-8-9-10-11-12-13-14-15-16-17-18-19-24(27)28-23-21-25(2,3)20-22-26;/h11-12,26H,4-10,13-23H2,1-3H3;1H/q+1;/p-1. The Morgan fingerprint density at radius 2 is 1.34 bits per heavy atom. The van der Waals surface area contributed by atoms with Crippen LogP contribution in [0.25, 0.3) is 0 Å². The zero-order valence-electron chi connectivity index (χ0n) is 19.5. The fourth-order valence-electron chi connectivity index (χ4n) is 3.20. The molecule has 0 aliphatic heterocycles. The molecule has 0 saturated carbocycles. The summed E-state index contributed by atoms with van der Waals surface area (Å²) in [5.74, 6) is -0.0818. The van der Waals surface area contributed by atoms with E-state index in [1.807, 2.05) is 14.1 Å². The number of nitrogens with zero attached hydrogens (tertiary/aromatic N) is 1. The van der Waals surface area contributed by atoms with Crippen LogP contribution >= 0.6 is 0 Å². The molecule has 0 fully saturated rings. The number of carbonyl (C=O) groups excluding carboxylic acids is 1. The second-order valence-electron chi connectivity index (χ2n) is 8.66. The number of hydrogen-bond donors (Lipinski definition) is 1. The van der Waals surface area contributed by atoms with E-state index in [-0.39, 0.29) is 25.0 Å². The van der Waals surface area contributed by atoms with E-state index < -0.39 is 0 Å². The lowest BCUT2D eigenvalue weighted by atomic mass is 10.1. The van der Waals surface area contributed by atoms with Gasteiger partial charge in [0.05, 0.1) is 20.7 Å². The van der Waals surface area contributed by atoms with Crippen LogP contribution in [-0.4, -0.2) is 56.0 Å². The van der Waals surface area contributed by atoms with Crippen LogP contribution in [0.15, 0.2) is 12.2 Å². The normalized spacial score (nSPS) is 11.6. The Kier molecular flexibility index (Phi) is 23.3. The molecule has 0 unspecified atom stereocenters. The first-order valence-electron chi connectivity index (χ1n) is 11.8. The van der Waals surface area contributed by atoms with Gasteiger partial charge in [-0.25, -0.2) is 0 Å². The smallest absolute Gasteiger partial charge is 0.305 e. The van der Waals surface area contributed by atoms with Crippen LogP contribution in [0.3, 0.4) is 0 Å². The number of unbranched alkanes of at least 4 members (excludes halogenated alkanes) is 11. The number of aliphatic hydroxyl groups excluding tert-OH is 1. The number of allylic oxidation sites excluding steroid dienone is 2. The minimum Gasteiger partial charge on any atom is -1.00 e.